The minimum absolute atomic E-state index is 0.112. The molecule has 0 spiro atoms. The van der Waals surface area contributed by atoms with Crippen molar-refractivity contribution in [3.05, 3.63) is 84.3 Å². The van der Waals surface area contributed by atoms with Gasteiger partial charge in [-0.2, -0.15) is 36.1 Å². The summed E-state index contributed by atoms with van der Waals surface area (Å²) in [6, 6.07) is 12.3. The highest BCUT2D eigenvalue weighted by molar-refractivity contribution is 5.93. The topological polar surface area (TPSA) is 65.4 Å². The van der Waals surface area contributed by atoms with Crippen molar-refractivity contribution in [1.29, 1.82) is 0 Å². The Labute approximate surface area is 209 Å². The molecule has 0 saturated heterocycles. The van der Waals surface area contributed by atoms with E-state index in [1.165, 1.54) is 54.7 Å². The molecule has 0 saturated carbocycles. The molecule has 0 fully saturated rings. The number of alkyl halides is 6. The van der Waals surface area contributed by atoms with Crippen LogP contribution in [0.15, 0.2) is 72.9 Å². The molecule has 4 aromatic rings. The Hall–Kier alpha value is -4.55. The van der Waals surface area contributed by atoms with Gasteiger partial charge in [-0.3, -0.25) is 0 Å². The second-order valence-electron chi connectivity index (χ2n) is 8.08. The van der Waals surface area contributed by atoms with E-state index in [1.54, 1.807) is 0 Å². The fraction of sp³-hybridized carbons (Fsp3) is 0.120. The predicted molar refractivity (Wildman–Crippen MR) is 120 cm³/mol. The van der Waals surface area contributed by atoms with Crippen molar-refractivity contribution in [2.45, 2.75) is 18.6 Å². The van der Waals surface area contributed by atoms with Gasteiger partial charge in [0.1, 0.15) is 23.0 Å². The van der Waals surface area contributed by atoms with Crippen LogP contribution in [0.3, 0.4) is 0 Å². The first-order valence-corrected chi connectivity index (χ1v) is 10.8. The molecule has 38 heavy (non-hydrogen) atoms. The lowest BCUT2D eigenvalue weighted by atomic mass is 10.0. The van der Waals surface area contributed by atoms with Crippen LogP contribution in [0.4, 0.5) is 41.2 Å². The number of carbonyl (C=O) groups is 1. The molecular weight excluding hydrogens is 523 g/mol. The molecule has 0 unspecified atom stereocenters. The van der Waals surface area contributed by atoms with Crippen LogP contribution in [0.2, 0.25) is 0 Å². The summed E-state index contributed by atoms with van der Waals surface area (Å²) in [6.45, 7) is -3.03. The van der Waals surface area contributed by atoms with Crippen molar-refractivity contribution >= 4 is 11.7 Å². The van der Waals surface area contributed by atoms with E-state index in [-0.39, 0.29) is 17.1 Å². The summed E-state index contributed by atoms with van der Waals surface area (Å²) >= 11 is 0. The summed E-state index contributed by atoms with van der Waals surface area (Å²) in [6.07, 6.45) is -3.44. The van der Waals surface area contributed by atoms with E-state index < -0.39 is 41.8 Å². The lowest BCUT2D eigenvalue weighted by Crippen LogP contribution is -2.36. The van der Waals surface area contributed by atoms with Crippen molar-refractivity contribution in [2.24, 2.45) is 0 Å². The predicted octanol–water partition coefficient (Wildman–Crippen LogP) is 7.11. The number of halogens is 7. The van der Waals surface area contributed by atoms with Gasteiger partial charge in [0.2, 0.25) is 0 Å². The van der Waals surface area contributed by atoms with Crippen LogP contribution in [0.25, 0.3) is 22.4 Å². The van der Waals surface area contributed by atoms with Gasteiger partial charge >= 0.3 is 24.7 Å². The summed E-state index contributed by atoms with van der Waals surface area (Å²) in [5, 5.41) is 6.59. The third kappa shape index (κ3) is 4.51. The van der Waals surface area contributed by atoms with Gasteiger partial charge in [0.25, 0.3) is 0 Å². The first-order chi connectivity index (χ1) is 17.9. The molecule has 1 aromatic heterocycles. The van der Waals surface area contributed by atoms with Crippen molar-refractivity contribution in [2.75, 3.05) is 5.32 Å². The Morgan fingerprint density at radius 2 is 1.61 bits per heavy atom. The standard InChI is InChI=1S/C25H14F7N3O3/c26-15-5-1-13(2-6-15)18-12-35(34-21(18)14-3-8-17(9-4-14)37-22(27)28)23(36)33-16-7-10-19-20(11-16)38-25(31,32)24(19,29)30/h1-12,22H,(H,33,36). The zero-order valence-corrected chi connectivity index (χ0v) is 18.8. The Kier molecular flexibility index (Phi) is 6.00. The minimum atomic E-state index is -4.74. The molecule has 1 aliphatic rings. The molecule has 2 heterocycles. The van der Waals surface area contributed by atoms with Crippen molar-refractivity contribution < 1.29 is 45.0 Å². The molecule has 0 aliphatic carbocycles. The average Bonchev–Trinajstić information content (AvgIpc) is 3.36. The molecule has 0 bridgehead atoms. The Bertz CT molecular complexity index is 1500. The zero-order chi connectivity index (χ0) is 27.2. The van der Waals surface area contributed by atoms with E-state index in [1.807, 2.05) is 0 Å². The smallest absolute Gasteiger partial charge is 0.435 e. The summed E-state index contributed by atoms with van der Waals surface area (Å²) < 4.78 is 102. The maximum absolute atomic E-state index is 13.8. The van der Waals surface area contributed by atoms with Crippen molar-refractivity contribution in [3.63, 3.8) is 0 Å². The van der Waals surface area contributed by atoms with E-state index in [0.29, 0.717) is 22.8 Å². The highest BCUT2D eigenvalue weighted by atomic mass is 19.3. The van der Waals surface area contributed by atoms with E-state index >= 15 is 0 Å². The maximum Gasteiger partial charge on any atom is 0.469 e. The summed E-state index contributed by atoms with van der Waals surface area (Å²) in [7, 11) is 0. The van der Waals surface area contributed by atoms with Crippen molar-refractivity contribution in [3.8, 4) is 33.9 Å². The van der Waals surface area contributed by atoms with Gasteiger partial charge in [0.15, 0.2) is 0 Å². The number of amides is 1. The molecule has 196 valence electrons. The number of benzene rings is 3. The van der Waals surface area contributed by atoms with Crippen LogP contribution < -0.4 is 14.8 Å². The van der Waals surface area contributed by atoms with E-state index in [2.05, 4.69) is 19.9 Å². The highest BCUT2D eigenvalue weighted by Crippen LogP contribution is 2.53. The molecule has 6 nitrogen and oxygen atoms in total. The number of hydrogen-bond donors (Lipinski definition) is 1. The lowest BCUT2D eigenvalue weighted by molar-refractivity contribution is -0.296. The zero-order valence-electron chi connectivity index (χ0n) is 18.8. The van der Waals surface area contributed by atoms with Gasteiger partial charge in [-0.05, 0) is 54.1 Å². The molecule has 5 rings (SSSR count). The first-order valence-electron chi connectivity index (χ1n) is 10.8. The van der Waals surface area contributed by atoms with Gasteiger partial charge in [-0.25, -0.2) is 9.18 Å². The molecule has 1 amide bonds. The molecule has 0 atom stereocenters. The van der Waals surface area contributed by atoms with Crippen LogP contribution >= 0.6 is 0 Å². The third-order valence-corrected chi connectivity index (χ3v) is 5.61. The average molecular weight is 537 g/mol. The number of hydrogen-bond acceptors (Lipinski definition) is 4. The third-order valence-electron chi connectivity index (χ3n) is 5.61. The first kappa shape index (κ1) is 25.1. The summed E-state index contributed by atoms with van der Waals surface area (Å²) in [5.41, 5.74) is 0.277. The number of nitrogens with zero attached hydrogens (tertiary/aromatic N) is 2. The second kappa shape index (κ2) is 9.08. The molecule has 0 radical (unpaired) electrons. The van der Waals surface area contributed by atoms with Gasteiger partial charge in [0.05, 0.1) is 5.56 Å². The van der Waals surface area contributed by atoms with Gasteiger partial charge < -0.3 is 14.8 Å². The lowest BCUT2D eigenvalue weighted by Gasteiger charge is -2.15. The Balaban J connectivity index is 1.47. The SMILES string of the molecule is O=C(Nc1ccc2c(c1)OC(F)(F)C2(F)F)n1cc(-c2ccc(F)cc2)c(-c2ccc(OC(F)F)cc2)n1. The van der Waals surface area contributed by atoms with Crippen LogP contribution in [0.5, 0.6) is 11.5 Å². The molecule has 1 N–H and O–H groups in total. The largest absolute Gasteiger partial charge is 0.469 e. The number of aromatic nitrogens is 2. The van der Waals surface area contributed by atoms with Gasteiger partial charge in [0, 0.05) is 29.1 Å². The fourth-order valence-electron chi connectivity index (χ4n) is 3.81. The molecular formula is C25H14F7N3O3. The summed E-state index contributed by atoms with van der Waals surface area (Å²) in [4.78, 5) is 12.9. The minimum Gasteiger partial charge on any atom is -0.435 e. The van der Waals surface area contributed by atoms with E-state index in [9.17, 15) is 35.5 Å². The molecule has 1 aliphatic heterocycles. The highest BCUT2D eigenvalue weighted by Gasteiger charge is 2.66. The number of ether oxygens (including phenoxy) is 2. The quantitative estimate of drug-likeness (QED) is 0.276. The van der Waals surface area contributed by atoms with Crippen LogP contribution in [-0.4, -0.2) is 28.5 Å². The number of carbonyl (C=O) groups excluding carboxylic acids is 1. The second-order valence-corrected chi connectivity index (χ2v) is 8.08. The maximum atomic E-state index is 13.8. The van der Waals surface area contributed by atoms with Crippen LogP contribution in [0.1, 0.15) is 5.56 Å². The fourth-order valence-corrected chi connectivity index (χ4v) is 3.81. The number of fused-ring (bicyclic) bond motifs is 1. The Morgan fingerprint density at radius 1 is 0.947 bits per heavy atom. The summed E-state index contributed by atoms with van der Waals surface area (Å²) in [5.74, 6) is -5.96. The van der Waals surface area contributed by atoms with Crippen molar-refractivity contribution in [1.82, 2.24) is 9.78 Å². The van der Waals surface area contributed by atoms with Gasteiger partial charge in [-0.1, -0.05) is 12.1 Å². The number of nitrogens with one attached hydrogen (secondary N) is 1. The number of anilines is 1. The van der Waals surface area contributed by atoms with E-state index in [0.717, 1.165) is 16.8 Å². The van der Waals surface area contributed by atoms with Crippen LogP contribution in [-0.2, 0) is 5.92 Å². The normalized spacial score (nSPS) is 15.2. The monoisotopic (exact) mass is 537 g/mol. The van der Waals surface area contributed by atoms with E-state index in [4.69, 9.17) is 0 Å². The molecule has 13 heteroatoms. The molecule has 3 aromatic carbocycles. The Morgan fingerprint density at radius 3 is 2.26 bits per heavy atom. The number of rotatable bonds is 5. The van der Waals surface area contributed by atoms with Gasteiger partial charge in [-0.15, -0.1) is 0 Å². The van der Waals surface area contributed by atoms with Crippen LogP contribution in [0, 0.1) is 5.82 Å².